The lowest BCUT2D eigenvalue weighted by Gasteiger charge is -2.48. The summed E-state index contributed by atoms with van der Waals surface area (Å²) >= 11 is 0. The molecule has 0 radical (unpaired) electrons. The number of carbonyl (C=O) groups is 6. The van der Waals surface area contributed by atoms with E-state index in [4.69, 9.17) is 10.5 Å². The highest BCUT2D eigenvalue weighted by Crippen LogP contribution is 2.51. The van der Waals surface area contributed by atoms with Gasteiger partial charge in [-0.3, -0.25) is 24.0 Å². The van der Waals surface area contributed by atoms with Crippen molar-refractivity contribution in [3.8, 4) is 5.75 Å². The van der Waals surface area contributed by atoms with E-state index < -0.39 is 76.6 Å². The lowest BCUT2D eigenvalue weighted by Crippen LogP contribution is -2.68. The van der Waals surface area contributed by atoms with Crippen LogP contribution in [0.4, 0.5) is 10.5 Å². The summed E-state index contributed by atoms with van der Waals surface area (Å²) in [6.07, 6.45) is 2.86. The van der Waals surface area contributed by atoms with Crippen molar-refractivity contribution in [2.45, 2.75) is 64.0 Å². The molecule has 3 aliphatic rings. The third-order valence-electron chi connectivity index (χ3n) is 8.59. The maximum Gasteiger partial charge on any atom is 0.407 e. The minimum Gasteiger partial charge on any atom is -0.507 e. The standard InChI is InChI=1S/C29H37N3O9/c1-4-5-6-7-8-41-28(39)31-13-15-11-18(32(2)3)17-10-14-9-16-12-19(33)22(27(30)38)26(37)29(16,40)25(36)20(14)24(35)21(17)23(15)34/h11,14,16,20,22,34,40H,4-10,12-13H2,1-3H3,(H2,30,38)(H,31,39)/t14-,16+,20?,22?,29+/m1/s1. The van der Waals surface area contributed by atoms with Crippen molar-refractivity contribution in [1.29, 1.82) is 0 Å². The Kier molecular flexibility index (Phi) is 8.53. The molecular formula is C29H37N3O9. The maximum atomic E-state index is 13.9. The second-order valence-corrected chi connectivity index (χ2v) is 11.4. The molecule has 1 aromatic carbocycles. The number of hydrogen-bond acceptors (Lipinski definition) is 10. The lowest BCUT2D eigenvalue weighted by atomic mass is 9.53. The predicted octanol–water partition coefficient (Wildman–Crippen LogP) is 1.20. The van der Waals surface area contributed by atoms with Crippen LogP contribution in [0.3, 0.4) is 0 Å². The van der Waals surface area contributed by atoms with Crippen LogP contribution in [-0.4, -0.2) is 71.6 Å². The number of ether oxygens (including phenoxy) is 1. The predicted molar refractivity (Wildman–Crippen MR) is 145 cm³/mol. The van der Waals surface area contributed by atoms with Crippen LogP contribution in [0.15, 0.2) is 6.07 Å². The number of amides is 2. The van der Waals surface area contributed by atoms with Crippen LogP contribution in [-0.2, 0) is 36.9 Å². The van der Waals surface area contributed by atoms with Gasteiger partial charge in [-0.25, -0.2) is 4.79 Å². The summed E-state index contributed by atoms with van der Waals surface area (Å²) in [5.74, 6) is -10.7. The number of phenolic OH excluding ortho intramolecular Hbond substituents is 1. The number of aliphatic hydroxyl groups is 1. The highest BCUT2D eigenvalue weighted by molar-refractivity contribution is 6.31. The number of phenols is 1. The van der Waals surface area contributed by atoms with E-state index >= 15 is 0 Å². The van der Waals surface area contributed by atoms with Crippen molar-refractivity contribution in [3.05, 3.63) is 22.8 Å². The molecule has 2 amide bonds. The first-order chi connectivity index (χ1) is 19.3. The number of carbonyl (C=O) groups excluding carboxylic acids is 6. The summed E-state index contributed by atoms with van der Waals surface area (Å²) in [6, 6.07) is 1.65. The highest BCUT2D eigenvalue weighted by atomic mass is 16.5. The van der Waals surface area contributed by atoms with Gasteiger partial charge in [0.2, 0.25) is 5.91 Å². The highest BCUT2D eigenvalue weighted by Gasteiger charge is 2.66. The van der Waals surface area contributed by atoms with Crippen LogP contribution >= 0.6 is 0 Å². The Morgan fingerprint density at radius 2 is 1.83 bits per heavy atom. The summed E-state index contributed by atoms with van der Waals surface area (Å²) < 4.78 is 5.18. The third kappa shape index (κ3) is 5.20. The van der Waals surface area contributed by atoms with Crippen LogP contribution in [0.5, 0.6) is 5.75 Å². The second kappa shape index (κ2) is 11.6. The molecule has 0 spiro atoms. The van der Waals surface area contributed by atoms with Gasteiger partial charge in [0, 0.05) is 44.2 Å². The Morgan fingerprint density at radius 1 is 1.12 bits per heavy atom. The molecular weight excluding hydrogens is 534 g/mol. The van der Waals surface area contributed by atoms with Crippen molar-refractivity contribution >= 4 is 40.8 Å². The molecule has 12 nitrogen and oxygen atoms in total. The molecule has 4 rings (SSSR count). The van der Waals surface area contributed by atoms with Crippen LogP contribution in [0, 0.1) is 23.7 Å². The number of alkyl carbamates (subject to hydrolysis) is 1. The number of hydrogen-bond donors (Lipinski definition) is 4. The van der Waals surface area contributed by atoms with Crippen molar-refractivity contribution in [2.75, 3.05) is 25.6 Å². The molecule has 3 aliphatic carbocycles. The van der Waals surface area contributed by atoms with E-state index in [1.54, 1.807) is 25.1 Å². The molecule has 1 aromatic rings. The average Bonchev–Trinajstić information content (AvgIpc) is 2.89. The number of ketones is 4. The number of benzene rings is 1. The largest absolute Gasteiger partial charge is 0.507 e. The van der Waals surface area contributed by atoms with E-state index in [1.165, 1.54) is 0 Å². The fourth-order valence-corrected chi connectivity index (χ4v) is 6.51. The molecule has 0 aliphatic heterocycles. The first-order valence-electron chi connectivity index (χ1n) is 14.0. The molecule has 12 heteroatoms. The summed E-state index contributed by atoms with van der Waals surface area (Å²) in [6.45, 7) is 2.17. The van der Waals surface area contributed by atoms with Gasteiger partial charge >= 0.3 is 6.09 Å². The van der Waals surface area contributed by atoms with E-state index in [0.29, 0.717) is 11.3 Å². The zero-order valence-corrected chi connectivity index (χ0v) is 23.5. The molecule has 5 N–H and O–H groups in total. The van der Waals surface area contributed by atoms with E-state index in [-0.39, 0.29) is 37.1 Å². The first kappa shape index (κ1) is 30.2. The maximum absolute atomic E-state index is 13.9. The molecule has 0 heterocycles. The minimum absolute atomic E-state index is 0.0160. The van der Waals surface area contributed by atoms with Gasteiger partial charge in [-0.15, -0.1) is 0 Å². The first-order valence-corrected chi connectivity index (χ1v) is 14.0. The average molecular weight is 572 g/mol. The number of unbranched alkanes of at least 4 members (excludes halogenated alkanes) is 3. The number of aromatic hydroxyl groups is 1. The third-order valence-corrected chi connectivity index (χ3v) is 8.59. The van der Waals surface area contributed by atoms with Gasteiger partial charge in [0.25, 0.3) is 0 Å². The fourth-order valence-electron chi connectivity index (χ4n) is 6.51. The van der Waals surface area contributed by atoms with Gasteiger partial charge in [-0.2, -0.15) is 0 Å². The van der Waals surface area contributed by atoms with Gasteiger partial charge in [0.1, 0.15) is 5.75 Å². The van der Waals surface area contributed by atoms with Gasteiger partial charge in [0.15, 0.2) is 34.7 Å². The number of nitrogens with two attached hydrogens (primary N) is 1. The molecule has 2 fully saturated rings. The monoisotopic (exact) mass is 571 g/mol. The van der Waals surface area contributed by atoms with Crippen LogP contribution in [0.25, 0.3) is 0 Å². The Morgan fingerprint density at radius 3 is 2.46 bits per heavy atom. The molecule has 0 aromatic heterocycles. The summed E-state index contributed by atoms with van der Waals surface area (Å²) in [5.41, 5.74) is 3.70. The lowest BCUT2D eigenvalue weighted by molar-refractivity contribution is -0.175. The molecule has 0 bridgehead atoms. The van der Waals surface area contributed by atoms with E-state index in [2.05, 4.69) is 12.2 Å². The number of nitrogens with zero attached hydrogens (tertiary/aromatic N) is 1. The van der Waals surface area contributed by atoms with Gasteiger partial charge < -0.3 is 30.9 Å². The normalized spacial score (nSPS) is 27.0. The molecule has 5 atom stereocenters. The van der Waals surface area contributed by atoms with E-state index in [0.717, 1.165) is 25.7 Å². The van der Waals surface area contributed by atoms with Crippen LogP contribution in [0.1, 0.15) is 66.9 Å². The SMILES string of the molecule is CCCCCCOC(=O)NCc1cc(N(C)C)c2c(c1O)C(=O)C1C(=O)[C@]3(O)C(=O)C(C(N)=O)C(=O)C[C@@H]3C[C@@H]1C2. The fraction of sp³-hybridized carbons (Fsp3) is 0.586. The van der Waals surface area contributed by atoms with Crippen molar-refractivity contribution in [3.63, 3.8) is 0 Å². The van der Waals surface area contributed by atoms with Crippen molar-refractivity contribution in [1.82, 2.24) is 5.32 Å². The zero-order valence-electron chi connectivity index (χ0n) is 23.5. The molecule has 2 saturated carbocycles. The second-order valence-electron chi connectivity index (χ2n) is 11.4. The Hall–Kier alpha value is -3.80. The van der Waals surface area contributed by atoms with E-state index in [9.17, 15) is 39.0 Å². The Bertz CT molecular complexity index is 1310. The smallest absolute Gasteiger partial charge is 0.407 e. The number of primary amides is 1. The number of rotatable bonds is 9. The number of nitrogens with one attached hydrogen (secondary N) is 1. The summed E-state index contributed by atoms with van der Waals surface area (Å²) in [7, 11) is 3.50. The van der Waals surface area contributed by atoms with Crippen molar-refractivity contribution < 1.29 is 43.7 Å². The number of Topliss-reactive ketones (excluding diaryl/α,β-unsaturated/α-hetero) is 4. The number of fused-ring (bicyclic) bond motifs is 3. The van der Waals surface area contributed by atoms with Crippen LogP contribution < -0.4 is 16.0 Å². The van der Waals surface area contributed by atoms with E-state index in [1.807, 2.05) is 0 Å². The molecule has 0 saturated heterocycles. The van der Waals surface area contributed by atoms with Gasteiger partial charge in [0.05, 0.1) is 18.1 Å². The summed E-state index contributed by atoms with van der Waals surface area (Å²) in [4.78, 5) is 79.0. The molecule has 222 valence electrons. The molecule has 2 unspecified atom stereocenters. The van der Waals surface area contributed by atoms with Gasteiger partial charge in [-0.1, -0.05) is 26.2 Å². The van der Waals surface area contributed by atoms with Gasteiger partial charge in [-0.05, 0) is 36.8 Å². The molecule has 41 heavy (non-hydrogen) atoms. The zero-order chi connectivity index (χ0) is 30.2. The minimum atomic E-state index is -2.71. The number of anilines is 1. The summed E-state index contributed by atoms with van der Waals surface area (Å²) in [5, 5.41) is 25.1. The van der Waals surface area contributed by atoms with Crippen molar-refractivity contribution in [2.24, 2.45) is 29.4 Å². The topological polar surface area (TPSA) is 193 Å². The van der Waals surface area contributed by atoms with Crippen LogP contribution in [0.2, 0.25) is 0 Å². The Balaban J connectivity index is 1.64. The Labute approximate surface area is 237 Å². The quantitative estimate of drug-likeness (QED) is 0.247.